The quantitative estimate of drug-likeness (QED) is 0.245. The number of nitrogens with one attached hydrogen (secondary N) is 1. The summed E-state index contributed by atoms with van der Waals surface area (Å²) in [4.78, 5) is 34.2. The van der Waals surface area contributed by atoms with E-state index in [1.807, 2.05) is 19.1 Å². The third-order valence-corrected chi connectivity index (χ3v) is 5.18. The lowest BCUT2D eigenvalue weighted by molar-refractivity contribution is -0.0000247. The predicted octanol–water partition coefficient (Wildman–Crippen LogP) is 1.71. The van der Waals surface area contributed by atoms with Crippen molar-refractivity contribution in [3.63, 3.8) is 0 Å². The molecular formula is C22H19BrClN4O3-. The minimum Gasteiger partial charge on any atom is -1.00 e. The lowest BCUT2D eigenvalue weighted by Gasteiger charge is -2.13. The van der Waals surface area contributed by atoms with Crippen LogP contribution >= 0.6 is 15.9 Å². The van der Waals surface area contributed by atoms with Crippen molar-refractivity contribution in [2.45, 2.75) is 19.8 Å². The molecule has 0 aliphatic carbocycles. The number of ether oxygens (including phenoxy) is 1. The summed E-state index contributed by atoms with van der Waals surface area (Å²) in [6, 6.07) is 14.2. The van der Waals surface area contributed by atoms with Crippen LogP contribution in [-0.2, 0) is 4.74 Å². The second-order valence-electron chi connectivity index (χ2n) is 6.70. The highest BCUT2D eigenvalue weighted by molar-refractivity contribution is 9.10. The average molecular weight is 503 g/mol. The van der Waals surface area contributed by atoms with Crippen molar-refractivity contribution >= 4 is 50.1 Å². The van der Waals surface area contributed by atoms with E-state index in [1.54, 1.807) is 42.6 Å². The number of rotatable bonds is 6. The van der Waals surface area contributed by atoms with Gasteiger partial charge in [-0.1, -0.05) is 37.6 Å². The Morgan fingerprint density at radius 3 is 2.68 bits per heavy atom. The van der Waals surface area contributed by atoms with Gasteiger partial charge >= 0.3 is 5.97 Å². The summed E-state index contributed by atoms with van der Waals surface area (Å²) in [5, 5.41) is 3.68. The minimum absolute atomic E-state index is 0. The van der Waals surface area contributed by atoms with Crippen LogP contribution in [0.5, 0.6) is 0 Å². The summed E-state index contributed by atoms with van der Waals surface area (Å²) < 4.78 is 7.29. The molecule has 31 heavy (non-hydrogen) atoms. The zero-order valence-electron chi connectivity index (χ0n) is 16.6. The van der Waals surface area contributed by atoms with Crippen LogP contribution in [0.4, 0.5) is 11.5 Å². The van der Waals surface area contributed by atoms with Crippen molar-refractivity contribution in [2.24, 2.45) is 0 Å². The Hall–Kier alpha value is -2.97. The number of fused-ring (bicyclic) bond motifs is 2. The highest BCUT2D eigenvalue weighted by Gasteiger charge is 2.15. The number of aromatic nitrogens is 3. The second kappa shape index (κ2) is 9.89. The number of nitrogens with zero attached hydrogens (tertiary/aromatic N) is 3. The SMILES string of the molecule is CCCCOC(=O)c1ccccc1Nc1nc2nc3ccccc3c(=O)n2cc1Br.[Cl-]. The molecule has 0 aliphatic rings. The molecule has 4 aromatic rings. The van der Waals surface area contributed by atoms with Gasteiger partial charge < -0.3 is 22.5 Å². The van der Waals surface area contributed by atoms with E-state index in [-0.39, 0.29) is 23.7 Å². The van der Waals surface area contributed by atoms with Gasteiger partial charge in [-0.05, 0) is 46.6 Å². The molecule has 0 atom stereocenters. The van der Waals surface area contributed by atoms with Gasteiger partial charge in [-0.2, -0.15) is 4.98 Å². The molecule has 0 fully saturated rings. The van der Waals surface area contributed by atoms with Crippen LogP contribution < -0.4 is 23.3 Å². The van der Waals surface area contributed by atoms with Crippen LogP contribution in [0.25, 0.3) is 16.7 Å². The van der Waals surface area contributed by atoms with E-state index in [2.05, 4.69) is 31.2 Å². The van der Waals surface area contributed by atoms with Crippen LogP contribution in [0.3, 0.4) is 0 Å². The summed E-state index contributed by atoms with van der Waals surface area (Å²) >= 11 is 3.46. The summed E-state index contributed by atoms with van der Waals surface area (Å²) in [7, 11) is 0. The number of unbranched alkanes of at least 4 members (excludes halogenated alkanes) is 1. The van der Waals surface area contributed by atoms with Gasteiger partial charge in [0, 0.05) is 6.20 Å². The van der Waals surface area contributed by atoms with E-state index < -0.39 is 5.97 Å². The highest BCUT2D eigenvalue weighted by atomic mass is 79.9. The van der Waals surface area contributed by atoms with Gasteiger partial charge in [0.1, 0.15) is 5.82 Å². The number of hydrogen-bond donors (Lipinski definition) is 1. The fourth-order valence-corrected chi connectivity index (χ4v) is 3.42. The molecule has 160 valence electrons. The van der Waals surface area contributed by atoms with Gasteiger partial charge in [0.05, 0.1) is 33.2 Å². The van der Waals surface area contributed by atoms with E-state index in [0.29, 0.717) is 39.1 Å². The second-order valence-corrected chi connectivity index (χ2v) is 7.56. The number of anilines is 2. The molecule has 0 saturated heterocycles. The number of halogens is 2. The van der Waals surface area contributed by atoms with Crippen molar-refractivity contribution in [1.29, 1.82) is 0 Å². The molecule has 2 aromatic heterocycles. The Labute approximate surface area is 193 Å². The third kappa shape index (κ3) is 4.70. The van der Waals surface area contributed by atoms with Crippen molar-refractivity contribution in [1.82, 2.24) is 14.4 Å². The first-order valence-corrected chi connectivity index (χ1v) is 10.4. The van der Waals surface area contributed by atoms with E-state index in [9.17, 15) is 9.59 Å². The first-order valence-electron chi connectivity index (χ1n) is 9.59. The molecular weight excluding hydrogens is 484 g/mol. The van der Waals surface area contributed by atoms with E-state index >= 15 is 0 Å². The van der Waals surface area contributed by atoms with Crippen molar-refractivity contribution in [3.8, 4) is 0 Å². The smallest absolute Gasteiger partial charge is 0.340 e. The molecule has 0 saturated carbocycles. The Morgan fingerprint density at radius 1 is 1.13 bits per heavy atom. The van der Waals surface area contributed by atoms with Crippen molar-refractivity contribution in [3.05, 3.63) is 75.1 Å². The third-order valence-electron chi connectivity index (χ3n) is 4.60. The molecule has 0 unspecified atom stereocenters. The maximum absolute atomic E-state index is 12.8. The molecule has 2 heterocycles. The van der Waals surface area contributed by atoms with Crippen LogP contribution in [0.1, 0.15) is 30.1 Å². The largest absolute Gasteiger partial charge is 1.00 e. The average Bonchev–Trinajstić information content (AvgIpc) is 2.76. The minimum atomic E-state index is -0.399. The summed E-state index contributed by atoms with van der Waals surface area (Å²) in [5.41, 5.74) is 1.34. The summed E-state index contributed by atoms with van der Waals surface area (Å²) in [6.07, 6.45) is 3.38. The maximum Gasteiger partial charge on any atom is 0.340 e. The molecule has 0 amide bonds. The number of benzene rings is 2. The molecule has 1 N–H and O–H groups in total. The number of para-hydroxylation sites is 2. The van der Waals surface area contributed by atoms with Gasteiger partial charge in [-0.25, -0.2) is 9.78 Å². The van der Waals surface area contributed by atoms with Gasteiger partial charge in [0.25, 0.3) is 5.56 Å². The number of esters is 1. The predicted molar refractivity (Wildman–Crippen MR) is 119 cm³/mol. The lowest BCUT2D eigenvalue weighted by atomic mass is 10.2. The van der Waals surface area contributed by atoms with E-state index in [4.69, 9.17) is 4.74 Å². The molecule has 0 bridgehead atoms. The lowest BCUT2D eigenvalue weighted by Crippen LogP contribution is -3.00. The van der Waals surface area contributed by atoms with Gasteiger partial charge in [-0.15, -0.1) is 0 Å². The number of carbonyl (C=O) groups excluding carboxylic acids is 1. The number of carbonyl (C=O) groups is 1. The van der Waals surface area contributed by atoms with Gasteiger partial charge in [-0.3, -0.25) is 9.20 Å². The standard InChI is InChI=1S/C22H19BrN4O3.ClH/c1-2-3-12-30-21(29)15-9-5-7-11-18(15)24-19-16(23)13-27-20(28)14-8-4-6-10-17(14)25-22(27)26-19;/h4-11,13H,2-3,12H2,1H3,(H,24,25,26);1H/p-1. The zero-order chi connectivity index (χ0) is 21.1. The van der Waals surface area contributed by atoms with Crippen LogP contribution in [0.15, 0.2) is 64.0 Å². The summed E-state index contributed by atoms with van der Waals surface area (Å²) in [6.45, 7) is 2.41. The Bertz CT molecular complexity index is 1310. The molecule has 0 aliphatic heterocycles. The molecule has 4 rings (SSSR count). The fraction of sp³-hybridized carbons (Fsp3) is 0.182. The molecule has 0 spiro atoms. The Morgan fingerprint density at radius 2 is 1.87 bits per heavy atom. The molecule has 0 radical (unpaired) electrons. The molecule has 7 nitrogen and oxygen atoms in total. The summed E-state index contributed by atoms with van der Waals surface area (Å²) in [5.74, 6) is 0.294. The topological polar surface area (TPSA) is 85.6 Å². The Balaban J connectivity index is 0.00000272. The van der Waals surface area contributed by atoms with E-state index in [1.165, 1.54) is 4.40 Å². The van der Waals surface area contributed by atoms with Crippen LogP contribution in [0.2, 0.25) is 0 Å². The van der Waals surface area contributed by atoms with E-state index in [0.717, 1.165) is 12.8 Å². The van der Waals surface area contributed by atoms with Crippen LogP contribution in [0, 0.1) is 0 Å². The zero-order valence-corrected chi connectivity index (χ0v) is 19.0. The highest BCUT2D eigenvalue weighted by Crippen LogP contribution is 2.26. The number of hydrogen-bond acceptors (Lipinski definition) is 6. The first-order chi connectivity index (χ1) is 14.6. The maximum atomic E-state index is 12.8. The first kappa shape index (κ1) is 22.7. The monoisotopic (exact) mass is 501 g/mol. The fourth-order valence-electron chi connectivity index (χ4n) is 3.03. The molecule has 9 heteroatoms. The van der Waals surface area contributed by atoms with Gasteiger partial charge in [0.2, 0.25) is 5.78 Å². The molecule has 2 aromatic carbocycles. The van der Waals surface area contributed by atoms with Crippen molar-refractivity contribution in [2.75, 3.05) is 11.9 Å². The Kier molecular flexibility index (Phi) is 7.25. The van der Waals surface area contributed by atoms with Crippen molar-refractivity contribution < 1.29 is 21.9 Å². The van der Waals surface area contributed by atoms with Crippen LogP contribution in [-0.4, -0.2) is 26.9 Å². The normalized spacial score (nSPS) is 10.6. The van der Waals surface area contributed by atoms with Gasteiger partial charge in [0.15, 0.2) is 0 Å².